The molecule has 5 heteroatoms. The van der Waals surface area contributed by atoms with E-state index in [1.54, 1.807) is 0 Å². The molecule has 2 heterocycles. The third-order valence-electron chi connectivity index (χ3n) is 3.89. The summed E-state index contributed by atoms with van der Waals surface area (Å²) in [5.74, 6) is -0.0223. The molecule has 3 rings (SSSR count). The van der Waals surface area contributed by atoms with Crippen LogP contribution in [0.15, 0.2) is 30.5 Å². The average molecular weight is 274 g/mol. The van der Waals surface area contributed by atoms with E-state index in [0.29, 0.717) is 12.8 Å². The van der Waals surface area contributed by atoms with Gasteiger partial charge in [0.05, 0.1) is 12.2 Å². The Hall–Kier alpha value is -1.85. The first-order valence-corrected chi connectivity index (χ1v) is 6.84. The van der Waals surface area contributed by atoms with Crippen LogP contribution < -0.4 is 0 Å². The fourth-order valence-corrected chi connectivity index (χ4v) is 2.71. The van der Waals surface area contributed by atoms with E-state index in [9.17, 15) is 15.0 Å². The van der Waals surface area contributed by atoms with E-state index in [1.807, 2.05) is 30.5 Å². The summed E-state index contributed by atoms with van der Waals surface area (Å²) >= 11 is 0. The molecule has 0 spiro atoms. The van der Waals surface area contributed by atoms with Crippen molar-refractivity contribution in [3.8, 4) is 0 Å². The molecule has 1 aromatic heterocycles. The van der Waals surface area contributed by atoms with Gasteiger partial charge in [0.25, 0.3) is 0 Å². The smallest absolute Gasteiger partial charge is 0.223 e. The molecule has 2 aromatic rings. The predicted molar refractivity (Wildman–Crippen MR) is 75.2 cm³/mol. The Balaban J connectivity index is 1.63. The van der Waals surface area contributed by atoms with Crippen molar-refractivity contribution in [3.63, 3.8) is 0 Å². The summed E-state index contributed by atoms with van der Waals surface area (Å²) in [6.45, 7) is 0.460. The van der Waals surface area contributed by atoms with Gasteiger partial charge in [0.1, 0.15) is 0 Å². The van der Waals surface area contributed by atoms with Crippen molar-refractivity contribution in [1.29, 1.82) is 0 Å². The Morgan fingerprint density at radius 1 is 1.25 bits per heavy atom. The number of fused-ring (bicyclic) bond motifs is 1. The van der Waals surface area contributed by atoms with Crippen LogP contribution in [0.2, 0.25) is 0 Å². The highest BCUT2D eigenvalue weighted by Crippen LogP contribution is 2.20. The number of hydrogen-bond acceptors (Lipinski definition) is 3. The lowest BCUT2D eigenvalue weighted by molar-refractivity contribution is -0.130. The third-order valence-corrected chi connectivity index (χ3v) is 3.89. The number of rotatable bonds is 3. The fourth-order valence-electron chi connectivity index (χ4n) is 2.71. The summed E-state index contributed by atoms with van der Waals surface area (Å²) < 4.78 is 0. The van der Waals surface area contributed by atoms with Gasteiger partial charge in [-0.2, -0.15) is 0 Å². The molecule has 1 aliphatic rings. The maximum atomic E-state index is 12.1. The Kier molecular flexibility index (Phi) is 3.46. The molecule has 0 aliphatic carbocycles. The molecular formula is C15H18N2O3. The number of aliphatic hydroxyl groups is 2. The van der Waals surface area contributed by atoms with E-state index in [2.05, 4.69) is 4.98 Å². The number of H-pyrrole nitrogens is 1. The van der Waals surface area contributed by atoms with Crippen molar-refractivity contribution < 1.29 is 15.0 Å². The summed E-state index contributed by atoms with van der Waals surface area (Å²) in [7, 11) is 0. The Morgan fingerprint density at radius 3 is 2.70 bits per heavy atom. The molecular weight excluding hydrogens is 256 g/mol. The van der Waals surface area contributed by atoms with Gasteiger partial charge >= 0.3 is 0 Å². The van der Waals surface area contributed by atoms with Crippen LogP contribution in [0.5, 0.6) is 0 Å². The standard InChI is InChI=1S/C15H18N2O3/c18-13-8-17(9-14(13)19)15(20)6-5-10-7-16-12-4-2-1-3-11(10)12/h1-4,7,13-14,16,18-19H,5-6,8-9H2/t13-,14+. The van der Waals surface area contributed by atoms with Gasteiger partial charge in [0.15, 0.2) is 0 Å². The van der Waals surface area contributed by atoms with Crippen LogP contribution in [-0.4, -0.2) is 51.3 Å². The molecule has 2 atom stereocenters. The minimum atomic E-state index is -0.813. The van der Waals surface area contributed by atoms with E-state index in [1.165, 1.54) is 4.90 Å². The number of β-amino-alcohol motifs (C(OH)–C–C–N with tert-alkyl or cyclic N) is 2. The fraction of sp³-hybridized carbons (Fsp3) is 0.400. The number of nitrogens with zero attached hydrogens (tertiary/aromatic N) is 1. The molecule has 1 amide bonds. The molecule has 0 bridgehead atoms. The van der Waals surface area contributed by atoms with Gasteiger partial charge in [-0.3, -0.25) is 4.79 Å². The van der Waals surface area contributed by atoms with Crippen molar-refractivity contribution in [1.82, 2.24) is 9.88 Å². The zero-order chi connectivity index (χ0) is 14.1. The van der Waals surface area contributed by atoms with E-state index in [0.717, 1.165) is 16.5 Å². The highest BCUT2D eigenvalue weighted by Gasteiger charge is 2.32. The van der Waals surface area contributed by atoms with Crippen LogP contribution in [0.1, 0.15) is 12.0 Å². The second-order valence-corrected chi connectivity index (χ2v) is 5.29. The molecule has 20 heavy (non-hydrogen) atoms. The minimum Gasteiger partial charge on any atom is -0.388 e. The minimum absolute atomic E-state index is 0.0223. The number of benzene rings is 1. The highest BCUT2D eigenvalue weighted by molar-refractivity contribution is 5.84. The zero-order valence-corrected chi connectivity index (χ0v) is 11.1. The highest BCUT2D eigenvalue weighted by atomic mass is 16.3. The number of para-hydroxylation sites is 1. The summed E-state index contributed by atoms with van der Waals surface area (Å²) in [4.78, 5) is 16.8. The van der Waals surface area contributed by atoms with E-state index >= 15 is 0 Å². The van der Waals surface area contributed by atoms with Crippen LogP contribution in [0.3, 0.4) is 0 Å². The Morgan fingerprint density at radius 2 is 1.95 bits per heavy atom. The lowest BCUT2D eigenvalue weighted by Crippen LogP contribution is -2.29. The number of carbonyl (C=O) groups is 1. The number of aliphatic hydroxyl groups excluding tert-OH is 2. The van der Waals surface area contributed by atoms with Gasteiger partial charge in [0.2, 0.25) is 5.91 Å². The van der Waals surface area contributed by atoms with Crippen LogP contribution in [0.4, 0.5) is 0 Å². The summed E-state index contributed by atoms with van der Waals surface area (Å²) in [5.41, 5.74) is 2.19. The Bertz CT molecular complexity index is 612. The topological polar surface area (TPSA) is 76.6 Å². The second kappa shape index (κ2) is 5.26. The monoisotopic (exact) mass is 274 g/mol. The molecule has 106 valence electrons. The van der Waals surface area contributed by atoms with Gasteiger partial charge in [-0.1, -0.05) is 18.2 Å². The number of likely N-dealkylation sites (tertiary alicyclic amines) is 1. The van der Waals surface area contributed by atoms with Crippen LogP contribution >= 0.6 is 0 Å². The van der Waals surface area contributed by atoms with Gasteiger partial charge in [-0.25, -0.2) is 0 Å². The van der Waals surface area contributed by atoms with Crippen LogP contribution in [0, 0.1) is 0 Å². The maximum absolute atomic E-state index is 12.1. The van der Waals surface area contributed by atoms with Crippen molar-refractivity contribution in [2.24, 2.45) is 0 Å². The van der Waals surface area contributed by atoms with Crippen LogP contribution in [0.25, 0.3) is 10.9 Å². The third kappa shape index (κ3) is 2.42. The maximum Gasteiger partial charge on any atom is 0.223 e. The summed E-state index contributed by atoms with van der Waals surface area (Å²) in [6, 6.07) is 8.00. The second-order valence-electron chi connectivity index (χ2n) is 5.29. The lowest BCUT2D eigenvalue weighted by Gasteiger charge is -2.14. The quantitative estimate of drug-likeness (QED) is 0.769. The molecule has 5 nitrogen and oxygen atoms in total. The number of hydrogen-bond donors (Lipinski definition) is 3. The van der Waals surface area contributed by atoms with Crippen LogP contribution in [-0.2, 0) is 11.2 Å². The molecule has 1 aliphatic heterocycles. The molecule has 1 aromatic carbocycles. The summed E-state index contributed by atoms with van der Waals surface area (Å²) in [6.07, 6.45) is 1.36. The van der Waals surface area contributed by atoms with Gasteiger partial charge in [0, 0.05) is 36.6 Å². The molecule has 1 saturated heterocycles. The van der Waals surface area contributed by atoms with Gasteiger partial charge in [-0.05, 0) is 18.1 Å². The SMILES string of the molecule is O=C(CCc1c[nH]c2ccccc12)N1C[C@@H](O)[C@@H](O)C1. The first kappa shape index (κ1) is 13.1. The molecule has 0 saturated carbocycles. The lowest BCUT2D eigenvalue weighted by atomic mass is 10.1. The largest absolute Gasteiger partial charge is 0.388 e. The van der Waals surface area contributed by atoms with Crippen molar-refractivity contribution >= 4 is 16.8 Å². The number of aryl methyl sites for hydroxylation is 1. The Labute approximate surface area is 116 Å². The normalized spacial score (nSPS) is 22.6. The zero-order valence-electron chi connectivity index (χ0n) is 11.1. The first-order valence-electron chi connectivity index (χ1n) is 6.84. The van der Waals surface area contributed by atoms with Gasteiger partial charge in [-0.15, -0.1) is 0 Å². The molecule has 3 N–H and O–H groups in total. The summed E-state index contributed by atoms with van der Waals surface area (Å²) in [5, 5.41) is 20.1. The van der Waals surface area contributed by atoms with Gasteiger partial charge < -0.3 is 20.1 Å². The van der Waals surface area contributed by atoms with E-state index in [-0.39, 0.29) is 19.0 Å². The number of aromatic amines is 1. The van der Waals surface area contributed by atoms with Crippen molar-refractivity contribution in [2.75, 3.05) is 13.1 Å². The number of aromatic nitrogens is 1. The first-order chi connectivity index (χ1) is 9.65. The molecule has 0 unspecified atom stereocenters. The molecule has 1 fully saturated rings. The number of carbonyl (C=O) groups excluding carboxylic acids is 1. The van der Waals surface area contributed by atoms with E-state index < -0.39 is 12.2 Å². The molecule has 0 radical (unpaired) electrons. The van der Waals surface area contributed by atoms with Crippen molar-refractivity contribution in [2.45, 2.75) is 25.0 Å². The predicted octanol–water partition coefficient (Wildman–Crippen LogP) is 0.664. The average Bonchev–Trinajstić information content (AvgIpc) is 3.01. The van der Waals surface area contributed by atoms with Crippen molar-refractivity contribution in [3.05, 3.63) is 36.0 Å². The number of amides is 1. The number of nitrogens with one attached hydrogen (secondary N) is 1. The van der Waals surface area contributed by atoms with E-state index in [4.69, 9.17) is 0 Å².